The third-order valence-corrected chi connectivity index (χ3v) is 5.33. The standard InChI is InChI=1S/C20H17BrF4N2O4/c1-10-26(16(29)8-28)20(31-9-11-5-6-12(22)7-15(11)25)17(21)19(30)27(10)18-13(23)3-2-4-14(18)24/h2-7,10,16,28-29H,8-9H2,1H3. The van der Waals surface area contributed by atoms with Crippen molar-refractivity contribution in [2.75, 3.05) is 11.5 Å². The van der Waals surface area contributed by atoms with E-state index in [0.717, 1.165) is 40.1 Å². The molecular formula is C20H17BrF4N2O4. The molecule has 166 valence electrons. The fourth-order valence-corrected chi connectivity index (χ4v) is 3.69. The van der Waals surface area contributed by atoms with Gasteiger partial charge in [-0.25, -0.2) is 17.6 Å². The SMILES string of the molecule is CC1N(c2c(F)cccc2F)C(=O)C(Br)=C(OCc2ccc(F)cc2F)N1C(O)CO. The number of rotatable bonds is 6. The lowest BCUT2D eigenvalue weighted by Gasteiger charge is -2.45. The number of amides is 1. The summed E-state index contributed by atoms with van der Waals surface area (Å²) < 4.78 is 61.0. The summed E-state index contributed by atoms with van der Waals surface area (Å²) in [5, 5.41) is 19.8. The number of halogens is 5. The molecule has 0 fully saturated rings. The maximum atomic E-state index is 14.4. The first-order chi connectivity index (χ1) is 14.7. The van der Waals surface area contributed by atoms with Gasteiger partial charge in [-0.2, -0.15) is 0 Å². The Bertz CT molecular complexity index is 1020. The van der Waals surface area contributed by atoms with Gasteiger partial charge in [-0.05, 0) is 47.1 Å². The minimum Gasteiger partial charge on any atom is -0.473 e. The molecule has 1 aliphatic rings. The van der Waals surface area contributed by atoms with E-state index in [1.165, 1.54) is 6.92 Å². The highest BCUT2D eigenvalue weighted by Crippen LogP contribution is 2.36. The molecule has 1 aliphatic heterocycles. The Morgan fingerprint density at radius 1 is 1.13 bits per heavy atom. The Kier molecular flexibility index (Phi) is 6.87. The van der Waals surface area contributed by atoms with E-state index in [1.807, 2.05) is 0 Å². The van der Waals surface area contributed by atoms with Gasteiger partial charge < -0.3 is 14.9 Å². The van der Waals surface area contributed by atoms with Gasteiger partial charge in [-0.1, -0.05) is 6.07 Å². The lowest BCUT2D eigenvalue weighted by Crippen LogP contribution is -2.58. The topological polar surface area (TPSA) is 73.2 Å². The van der Waals surface area contributed by atoms with Gasteiger partial charge in [-0.3, -0.25) is 14.6 Å². The Balaban J connectivity index is 2.03. The lowest BCUT2D eigenvalue weighted by molar-refractivity contribution is -0.122. The van der Waals surface area contributed by atoms with Crippen LogP contribution in [0.15, 0.2) is 46.8 Å². The predicted molar refractivity (Wildman–Crippen MR) is 105 cm³/mol. The predicted octanol–water partition coefficient (Wildman–Crippen LogP) is 3.33. The number of hydrogen-bond acceptors (Lipinski definition) is 5. The molecule has 2 unspecified atom stereocenters. The Morgan fingerprint density at radius 2 is 1.77 bits per heavy atom. The maximum absolute atomic E-state index is 14.4. The van der Waals surface area contributed by atoms with Crippen LogP contribution < -0.4 is 4.90 Å². The number of aliphatic hydroxyl groups excluding tert-OH is 2. The fraction of sp³-hybridized carbons (Fsp3) is 0.250. The highest BCUT2D eigenvalue weighted by molar-refractivity contribution is 9.12. The van der Waals surface area contributed by atoms with E-state index in [1.54, 1.807) is 0 Å². The summed E-state index contributed by atoms with van der Waals surface area (Å²) in [7, 11) is 0. The van der Waals surface area contributed by atoms with E-state index in [-0.39, 0.29) is 15.9 Å². The highest BCUT2D eigenvalue weighted by Gasteiger charge is 2.43. The third-order valence-electron chi connectivity index (χ3n) is 4.65. The first-order valence-electron chi connectivity index (χ1n) is 8.98. The molecule has 3 rings (SSSR count). The molecule has 31 heavy (non-hydrogen) atoms. The quantitative estimate of drug-likeness (QED) is 0.590. The first kappa shape index (κ1) is 23.0. The second kappa shape index (κ2) is 9.25. The van der Waals surface area contributed by atoms with Crippen molar-refractivity contribution in [2.45, 2.75) is 25.9 Å². The van der Waals surface area contributed by atoms with Crippen molar-refractivity contribution in [3.63, 3.8) is 0 Å². The number of para-hydroxylation sites is 1. The number of aliphatic hydroxyl groups is 2. The van der Waals surface area contributed by atoms with Crippen LogP contribution in [0, 0.1) is 23.3 Å². The van der Waals surface area contributed by atoms with E-state index < -0.39 is 60.5 Å². The molecule has 0 saturated heterocycles. The fourth-order valence-electron chi connectivity index (χ4n) is 3.18. The normalized spacial score (nSPS) is 17.9. The van der Waals surface area contributed by atoms with Gasteiger partial charge in [-0.15, -0.1) is 0 Å². The van der Waals surface area contributed by atoms with E-state index in [0.29, 0.717) is 6.07 Å². The van der Waals surface area contributed by atoms with Crippen molar-refractivity contribution in [1.82, 2.24) is 4.90 Å². The number of carbonyl (C=O) groups is 1. The average Bonchev–Trinajstić information content (AvgIpc) is 2.72. The van der Waals surface area contributed by atoms with Crippen LogP contribution in [0.25, 0.3) is 0 Å². The zero-order valence-electron chi connectivity index (χ0n) is 16.0. The summed E-state index contributed by atoms with van der Waals surface area (Å²) in [6.45, 7) is 0.0768. The number of ether oxygens (including phenoxy) is 1. The van der Waals surface area contributed by atoms with Crippen LogP contribution in [0.3, 0.4) is 0 Å². The molecule has 0 aromatic heterocycles. The molecule has 6 nitrogen and oxygen atoms in total. The molecule has 0 saturated carbocycles. The molecule has 1 amide bonds. The molecule has 0 radical (unpaired) electrons. The van der Waals surface area contributed by atoms with Crippen LogP contribution >= 0.6 is 15.9 Å². The monoisotopic (exact) mass is 504 g/mol. The summed E-state index contributed by atoms with van der Waals surface area (Å²) in [5.41, 5.74) is -0.703. The van der Waals surface area contributed by atoms with Gasteiger partial charge in [0, 0.05) is 11.6 Å². The number of benzene rings is 2. The summed E-state index contributed by atoms with van der Waals surface area (Å²) >= 11 is 3.01. The number of carbonyl (C=O) groups excluding carboxylic acids is 1. The minimum absolute atomic E-state index is 0.0460. The van der Waals surface area contributed by atoms with Crippen molar-refractivity contribution in [3.05, 3.63) is 75.6 Å². The molecular weight excluding hydrogens is 488 g/mol. The van der Waals surface area contributed by atoms with Gasteiger partial charge in [0.05, 0.1) is 6.61 Å². The van der Waals surface area contributed by atoms with E-state index in [9.17, 15) is 32.6 Å². The Hall–Kier alpha value is -2.63. The summed E-state index contributed by atoms with van der Waals surface area (Å²) in [4.78, 5) is 14.7. The molecule has 2 aromatic carbocycles. The van der Waals surface area contributed by atoms with E-state index in [4.69, 9.17) is 4.74 Å². The van der Waals surface area contributed by atoms with Gasteiger partial charge in [0.25, 0.3) is 5.91 Å². The molecule has 2 atom stereocenters. The van der Waals surface area contributed by atoms with Gasteiger partial charge in [0.1, 0.15) is 46.2 Å². The molecule has 2 N–H and O–H groups in total. The maximum Gasteiger partial charge on any atom is 0.272 e. The van der Waals surface area contributed by atoms with E-state index >= 15 is 0 Å². The van der Waals surface area contributed by atoms with Crippen molar-refractivity contribution in [1.29, 1.82) is 0 Å². The van der Waals surface area contributed by atoms with Crippen LogP contribution in [0.5, 0.6) is 0 Å². The first-order valence-corrected chi connectivity index (χ1v) is 9.78. The van der Waals surface area contributed by atoms with Crippen LogP contribution in [-0.4, -0.2) is 40.0 Å². The van der Waals surface area contributed by atoms with Crippen molar-refractivity contribution >= 4 is 27.5 Å². The molecule has 0 bridgehead atoms. The Labute approximate surface area is 183 Å². The third kappa shape index (κ3) is 4.39. The van der Waals surface area contributed by atoms with Crippen molar-refractivity contribution in [3.8, 4) is 0 Å². The zero-order chi connectivity index (χ0) is 22.9. The molecule has 1 heterocycles. The largest absolute Gasteiger partial charge is 0.473 e. The smallest absolute Gasteiger partial charge is 0.272 e. The molecule has 0 aliphatic carbocycles. The highest BCUT2D eigenvalue weighted by atomic mass is 79.9. The second-order valence-electron chi connectivity index (χ2n) is 6.59. The number of anilines is 1. The van der Waals surface area contributed by atoms with Crippen molar-refractivity contribution in [2.24, 2.45) is 0 Å². The van der Waals surface area contributed by atoms with Crippen molar-refractivity contribution < 1.29 is 37.3 Å². The van der Waals surface area contributed by atoms with Gasteiger partial charge in [0.15, 0.2) is 6.23 Å². The van der Waals surface area contributed by atoms with Gasteiger partial charge >= 0.3 is 0 Å². The molecule has 0 spiro atoms. The second-order valence-corrected chi connectivity index (χ2v) is 7.38. The number of nitrogens with zero attached hydrogens (tertiary/aromatic N) is 2. The molecule has 2 aromatic rings. The zero-order valence-corrected chi connectivity index (χ0v) is 17.6. The lowest BCUT2D eigenvalue weighted by atomic mass is 10.2. The minimum atomic E-state index is -1.64. The summed E-state index contributed by atoms with van der Waals surface area (Å²) in [6, 6.07) is 5.87. The molecule has 11 heteroatoms. The Morgan fingerprint density at radius 3 is 2.35 bits per heavy atom. The summed E-state index contributed by atoms with van der Waals surface area (Å²) in [5.74, 6) is -4.91. The number of hydrogen-bond donors (Lipinski definition) is 2. The summed E-state index contributed by atoms with van der Waals surface area (Å²) in [6.07, 6.45) is -2.85. The van der Waals surface area contributed by atoms with Crippen LogP contribution in [0.2, 0.25) is 0 Å². The van der Waals surface area contributed by atoms with E-state index in [2.05, 4.69) is 15.9 Å². The van der Waals surface area contributed by atoms with Crippen LogP contribution in [-0.2, 0) is 16.1 Å². The van der Waals surface area contributed by atoms with Crippen LogP contribution in [0.1, 0.15) is 12.5 Å². The van der Waals surface area contributed by atoms with Gasteiger partial charge in [0.2, 0.25) is 5.88 Å². The average molecular weight is 505 g/mol. The van der Waals surface area contributed by atoms with Crippen LogP contribution in [0.4, 0.5) is 23.2 Å².